The van der Waals surface area contributed by atoms with Gasteiger partial charge in [0, 0.05) is 42.3 Å². The molecule has 5 nitrogen and oxygen atoms in total. The average Bonchev–Trinajstić information content (AvgIpc) is 3.25. The van der Waals surface area contributed by atoms with Crippen LogP contribution >= 0.6 is 0 Å². The lowest BCUT2D eigenvalue weighted by atomic mass is 10.1. The molecule has 0 bridgehead atoms. The normalized spacial score (nSPS) is 16.8. The molecular weight excluding hydrogens is 312 g/mol. The van der Waals surface area contributed by atoms with Crippen LogP contribution in [0.4, 0.5) is 17.2 Å². The summed E-state index contributed by atoms with van der Waals surface area (Å²) in [4.78, 5) is 19.2. The van der Waals surface area contributed by atoms with E-state index in [4.69, 9.17) is 0 Å². The standard InChI is InChI=1S/C20H24N4O/c1-14-12-17(6-7-18(14)24-10-2-3-11-24)23-20(25)15-8-9-21-19(13-15)22-16-4-5-16/h6-9,12-13,16H,2-5,10-11H2,1H3,(H,21,22)(H,23,25). The fourth-order valence-corrected chi connectivity index (χ4v) is 3.34. The van der Waals surface area contributed by atoms with Crippen molar-refractivity contribution in [2.24, 2.45) is 0 Å². The van der Waals surface area contributed by atoms with Crippen LogP contribution in [0.5, 0.6) is 0 Å². The molecular formula is C20H24N4O. The Balaban J connectivity index is 1.45. The zero-order chi connectivity index (χ0) is 17.2. The molecule has 1 saturated carbocycles. The maximum Gasteiger partial charge on any atom is 0.255 e. The summed E-state index contributed by atoms with van der Waals surface area (Å²) >= 11 is 0. The average molecular weight is 336 g/mol. The van der Waals surface area contributed by atoms with E-state index < -0.39 is 0 Å². The van der Waals surface area contributed by atoms with Crippen molar-refractivity contribution in [3.63, 3.8) is 0 Å². The number of hydrogen-bond acceptors (Lipinski definition) is 4. The Hall–Kier alpha value is -2.56. The number of pyridine rings is 1. The molecule has 1 saturated heterocycles. The van der Waals surface area contributed by atoms with E-state index in [0.29, 0.717) is 11.6 Å². The Morgan fingerprint density at radius 2 is 1.96 bits per heavy atom. The van der Waals surface area contributed by atoms with E-state index in [9.17, 15) is 4.79 Å². The van der Waals surface area contributed by atoms with E-state index in [1.807, 2.05) is 12.1 Å². The molecule has 2 heterocycles. The minimum absolute atomic E-state index is 0.102. The minimum atomic E-state index is -0.102. The lowest BCUT2D eigenvalue weighted by Crippen LogP contribution is -2.19. The fraction of sp³-hybridized carbons (Fsp3) is 0.400. The van der Waals surface area contributed by atoms with Gasteiger partial charge in [-0.25, -0.2) is 4.98 Å². The number of amides is 1. The number of carbonyl (C=O) groups is 1. The molecule has 2 aromatic rings. The van der Waals surface area contributed by atoms with Crippen LogP contribution in [0.15, 0.2) is 36.5 Å². The highest BCUT2D eigenvalue weighted by atomic mass is 16.1. The molecule has 2 aliphatic rings. The largest absolute Gasteiger partial charge is 0.371 e. The van der Waals surface area contributed by atoms with Crippen molar-refractivity contribution >= 4 is 23.1 Å². The zero-order valence-corrected chi connectivity index (χ0v) is 14.6. The van der Waals surface area contributed by atoms with Crippen LogP contribution < -0.4 is 15.5 Å². The second kappa shape index (κ2) is 6.75. The highest BCUT2D eigenvalue weighted by Crippen LogP contribution is 2.27. The van der Waals surface area contributed by atoms with Gasteiger partial charge in [-0.2, -0.15) is 0 Å². The Morgan fingerprint density at radius 1 is 1.16 bits per heavy atom. The quantitative estimate of drug-likeness (QED) is 0.871. The topological polar surface area (TPSA) is 57.3 Å². The summed E-state index contributed by atoms with van der Waals surface area (Å²) in [5.74, 6) is 0.672. The number of benzene rings is 1. The monoisotopic (exact) mass is 336 g/mol. The van der Waals surface area contributed by atoms with Crippen LogP contribution in [0.1, 0.15) is 41.6 Å². The third-order valence-electron chi connectivity index (χ3n) is 4.85. The molecule has 2 fully saturated rings. The van der Waals surface area contributed by atoms with Crippen LogP contribution in [-0.2, 0) is 0 Å². The van der Waals surface area contributed by atoms with Crippen molar-refractivity contribution in [1.82, 2.24) is 4.98 Å². The molecule has 1 aromatic carbocycles. The highest BCUT2D eigenvalue weighted by Gasteiger charge is 2.21. The lowest BCUT2D eigenvalue weighted by molar-refractivity contribution is 0.102. The number of anilines is 3. The van der Waals surface area contributed by atoms with Crippen LogP contribution in [0.2, 0.25) is 0 Å². The first-order chi connectivity index (χ1) is 12.2. The molecule has 130 valence electrons. The van der Waals surface area contributed by atoms with Gasteiger partial charge in [-0.3, -0.25) is 4.79 Å². The van der Waals surface area contributed by atoms with Crippen LogP contribution in [0.3, 0.4) is 0 Å². The van der Waals surface area contributed by atoms with Crippen molar-refractivity contribution in [2.75, 3.05) is 28.6 Å². The second-order valence-electron chi connectivity index (χ2n) is 7.00. The van der Waals surface area contributed by atoms with Crippen molar-refractivity contribution in [3.8, 4) is 0 Å². The predicted octanol–water partition coefficient (Wildman–Crippen LogP) is 3.82. The Bertz CT molecular complexity index is 779. The summed E-state index contributed by atoms with van der Waals surface area (Å²) in [5, 5.41) is 6.33. The van der Waals surface area contributed by atoms with Gasteiger partial charge >= 0.3 is 0 Å². The number of rotatable bonds is 5. The Kier molecular flexibility index (Phi) is 4.30. The summed E-state index contributed by atoms with van der Waals surface area (Å²) in [7, 11) is 0. The van der Waals surface area contributed by atoms with Gasteiger partial charge in [0.2, 0.25) is 0 Å². The highest BCUT2D eigenvalue weighted by molar-refractivity contribution is 6.04. The van der Waals surface area contributed by atoms with E-state index in [2.05, 4.69) is 39.6 Å². The van der Waals surface area contributed by atoms with Crippen molar-refractivity contribution in [1.29, 1.82) is 0 Å². The van der Waals surface area contributed by atoms with Gasteiger partial charge in [-0.1, -0.05) is 0 Å². The van der Waals surface area contributed by atoms with E-state index in [1.54, 1.807) is 12.3 Å². The molecule has 5 heteroatoms. The SMILES string of the molecule is Cc1cc(NC(=O)c2ccnc(NC3CC3)c2)ccc1N1CCCC1. The number of hydrogen-bond donors (Lipinski definition) is 2. The van der Waals surface area contributed by atoms with E-state index >= 15 is 0 Å². The van der Waals surface area contributed by atoms with Crippen molar-refractivity contribution < 1.29 is 4.79 Å². The van der Waals surface area contributed by atoms with E-state index in [1.165, 1.54) is 36.9 Å². The summed E-state index contributed by atoms with van der Waals surface area (Å²) in [6.07, 6.45) is 6.57. The predicted molar refractivity (Wildman–Crippen MR) is 101 cm³/mol. The molecule has 2 N–H and O–H groups in total. The third-order valence-corrected chi connectivity index (χ3v) is 4.85. The summed E-state index contributed by atoms with van der Waals surface area (Å²) in [6, 6.07) is 10.2. The summed E-state index contributed by atoms with van der Waals surface area (Å²) in [6.45, 7) is 4.36. The van der Waals surface area contributed by atoms with Gasteiger partial charge in [0.15, 0.2) is 0 Å². The second-order valence-corrected chi connectivity index (χ2v) is 7.00. The first-order valence-electron chi connectivity index (χ1n) is 9.08. The number of aryl methyl sites for hydroxylation is 1. The van der Waals surface area contributed by atoms with Gasteiger partial charge in [0.25, 0.3) is 5.91 Å². The van der Waals surface area contributed by atoms with E-state index in [-0.39, 0.29) is 5.91 Å². The van der Waals surface area contributed by atoms with Crippen LogP contribution in [0, 0.1) is 6.92 Å². The molecule has 0 spiro atoms. The molecule has 0 radical (unpaired) electrons. The van der Waals surface area contributed by atoms with E-state index in [0.717, 1.165) is 24.6 Å². The number of carbonyl (C=O) groups excluding carboxylic acids is 1. The third kappa shape index (κ3) is 3.76. The summed E-state index contributed by atoms with van der Waals surface area (Å²) < 4.78 is 0. The maximum absolute atomic E-state index is 12.5. The number of nitrogens with one attached hydrogen (secondary N) is 2. The molecule has 1 aromatic heterocycles. The minimum Gasteiger partial charge on any atom is -0.371 e. The zero-order valence-electron chi connectivity index (χ0n) is 14.6. The Labute approximate surface area is 148 Å². The number of nitrogens with zero attached hydrogens (tertiary/aromatic N) is 2. The maximum atomic E-state index is 12.5. The molecule has 25 heavy (non-hydrogen) atoms. The first-order valence-corrected chi connectivity index (χ1v) is 9.08. The summed E-state index contributed by atoms with van der Waals surface area (Å²) in [5.41, 5.74) is 3.93. The fourth-order valence-electron chi connectivity index (χ4n) is 3.34. The molecule has 1 aliphatic carbocycles. The molecule has 1 aliphatic heterocycles. The van der Waals surface area contributed by atoms with Gasteiger partial charge in [-0.05, 0) is 68.5 Å². The van der Waals surface area contributed by atoms with Gasteiger partial charge < -0.3 is 15.5 Å². The molecule has 0 atom stereocenters. The van der Waals surface area contributed by atoms with Gasteiger partial charge in [0.1, 0.15) is 5.82 Å². The lowest BCUT2D eigenvalue weighted by Gasteiger charge is -2.20. The molecule has 4 rings (SSSR count). The van der Waals surface area contributed by atoms with Crippen LogP contribution in [0.25, 0.3) is 0 Å². The van der Waals surface area contributed by atoms with Gasteiger partial charge in [0.05, 0.1) is 0 Å². The smallest absolute Gasteiger partial charge is 0.255 e. The molecule has 1 amide bonds. The van der Waals surface area contributed by atoms with Gasteiger partial charge in [-0.15, -0.1) is 0 Å². The first kappa shape index (κ1) is 15.9. The molecule has 0 unspecified atom stereocenters. The number of aromatic nitrogens is 1. The van der Waals surface area contributed by atoms with Crippen molar-refractivity contribution in [3.05, 3.63) is 47.7 Å². The Morgan fingerprint density at radius 3 is 2.68 bits per heavy atom. The van der Waals surface area contributed by atoms with Crippen LogP contribution in [-0.4, -0.2) is 30.0 Å². The van der Waals surface area contributed by atoms with Crippen molar-refractivity contribution in [2.45, 2.75) is 38.6 Å².